The fraction of sp³-hybridized carbons (Fsp3) is 0.462. The molecule has 0 saturated carbocycles. The number of para-hydroxylation sites is 1. The summed E-state index contributed by atoms with van der Waals surface area (Å²) in [5.41, 5.74) is 2.24. The van der Waals surface area contributed by atoms with Crippen molar-refractivity contribution < 1.29 is 4.79 Å². The van der Waals surface area contributed by atoms with Gasteiger partial charge in [0.2, 0.25) is 5.91 Å². The summed E-state index contributed by atoms with van der Waals surface area (Å²) in [5.74, 6) is 0.132. The Kier molecular flexibility index (Phi) is 2.82. The van der Waals surface area contributed by atoms with E-state index in [1.54, 1.807) is 0 Å². The maximum Gasteiger partial charge on any atom is 0.226 e. The first-order chi connectivity index (χ1) is 8.34. The van der Waals surface area contributed by atoms with E-state index >= 15 is 0 Å². The summed E-state index contributed by atoms with van der Waals surface area (Å²) < 4.78 is 0. The van der Waals surface area contributed by atoms with Crippen molar-refractivity contribution >= 4 is 11.6 Å². The summed E-state index contributed by atoms with van der Waals surface area (Å²) in [6.45, 7) is 4.07. The largest absolute Gasteiger partial charge is 0.326 e. The van der Waals surface area contributed by atoms with Gasteiger partial charge in [-0.25, -0.2) is 0 Å². The van der Waals surface area contributed by atoms with Gasteiger partial charge in [-0.15, -0.1) is 0 Å². The van der Waals surface area contributed by atoms with Crippen molar-refractivity contribution in [3.8, 4) is 0 Å². The Bertz CT molecular complexity index is 426. The third-order valence-electron chi connectivity index (χ3n) is 3.56. The van der Waals surface area contributed by atoms with Gasteiger partial charge in [0.25, 0.3) is 0 Å². The highest BCUT2D eigenvalue weighted by molar-refractivity contribution is 5.94. The molecule has 1 saturated heterocycles. The number of piperazine rings is 1. The van der Waals surface area contributed by atoms with Crippen LogP contribution >= 0.6 is 0 Å². The molecule has 1 amide bonds. The topological polar surface area (TPSA) is 44.4 Å². The molecular weight excluding hydrogens is 214 g/mol. The first kappa shape index (κ1) is 10.7. The highest BCUT2D eigenvalue weighted by Gasteiger charge is 2.30. The van der Waals surface area contributed by atoms with E-state index in [2.05, 4.69) is 21.6 Å². The molecule has 0 spiro atoms. The second-order valence-corrected chi connectivity index (χ2v) is 4.64. The molecule has 1 atom stereocenters. The molecular formula is C13H17N3O. The lowest BCUT2D eigenvalue weighted by atomic mass is 9.95. The second kappa shape index (κ2) is 4.47. The van der Waals surface area contributed by atoms with Crippen molar-refractivity contribution in [1.29, 1.82) is 0 Å². The van der Waals surface area contributed by atoms with Gasteiger partial charge in [-0.2, -0.15) is 0 Å². The molecule has 90 valence electrons. The molecule has 1 aromatic rings. The van der Waals surface area contributed by atoms with Gasteiger partial charge in [-0.05, 0) is 11.6 Å². The van der Waals surface area contributed by atoms with Gasteiger partial charge >= 0.3 is 0 Å². The van der Waals surface area contributed by atoms with Crippen LogP contribution in [-0.2, 0) is 4.79 Å². The third-order valence-corrected chi connectivity index (χ3v) is 3.56. The molecule has 2 N–H and O–H groups in total. The lowest BCUT2D eigenvalue weighted by molar-refractivity contribution is -0.118. The fourth-order valence-electron chi connectivity index (χ4n) is 2.71. The van der Waals surface area contributed by atoms with Crippen LogP contribution < -0.4 is 10.6 Å². The summed E-state index contributed by atoms with van der Waals surface area (Å²) in [4.78, 5) is 14.1. The molecule has 1 unspecified atom stereocenters. The zero-order chi connectivity index (χ0) is 11.7. The van der Waals surface area contributed by atoms with Gasteiger partial charge in [0, 0.05) is 44.3 Å². The Hall–Kier alpha value is -1.39. The number of anilines is 1. The van der Waals surface area contributed by atoms with Crippen LogP contribution in [0.15, 0.2) is 24.3 Å². The van der Waals surface area contributed by atoms with Crippen LogP contribution in [0.2, 0.25) is 0 Å². The number of hydrogen-bond donors (Lipinski definition) is 2. The smallest absolute Gasteiger partial charge is 0.226 e. The van der Waals surface area contributed by atoms with Gasteiger partial charge in [-0.1, -0.05) is 18.2 Å². The predicted molar refractivity (Wildman–Crippen MR) is 66.9 cm³/mol. The number of nitrogens with zero attached hydrogens (tertiary/aromatic N) is 1. The molecule has 3 rings (SSSR count). The van der Waals surface area contributed by atoms with Crippen molar-refractivity contribution in [3.05, 3.63) is 29.8 Å². The molecule has 0 bridgehead atoms. The van der Waals surface area contributed by atoms with E-state index in [-0.39, 0.29) is 11.9 Å². The minimum absolute atomic E-state index is 0.132. The summed E-state index contributed by atoms with van der Waals surface area (Å²) in [6.07, 6.45) is 0.580. The Balaban J connectivity index is 1.91. The molecule has 2 heterocycles. The second-order valence-electron chi connectivity index (χ2n) is 4.64. The number of carbonyl (C=O) groups excluding carboxylic acids is 1. The standard InChI is InChI=1S/C13H17N3O/c17-13-9-12(16-7-5-14-6-8-16)10-3-1-2-4-11(10)15-13/h1-4,12,14H,5-9H2,(H,15,17). The van der Waals surface area contributed by atoms with Crippen molar-refractivity contribution in [1.82, 2.24) is 10.2 Å². The maximum absolute atomic E-state index is 11.7. The molecule has 1 fully saturated rings. The van der Waals surface area contributed by atoms with Crippen LogP contribution in [-0.4, -0.2) is 37.0 Å². The highest BCUT2D eigenvalue weighted by Crippen LogP contribution is 2.34. The van der Waals surface area contributed by atoms with Crippen molar-refractivity contribution in [2.75, 3.05) is 31.5 Å². The van der Waals surface area contributed by atoms with Crippen LogP contribution in [0.3, 0.4) is 0 Å². The van der Waals surface area contributed by atoms with E-state index in [9.17, 15) is 4.79 Å². The van der Waals surface area contributed by atoms with Crippen molar-refractivity contribution in [3.63, 3.8) is 0 Å². The highest BCUT2D eigenvalue weighted by atomic mass is 16.1. The number of hydrogen-bond acceptors (Lipinski definition) is 3. The lowest BCUT2D eigenvalue weighted by Crippen LogP contribution is -2.46. The Labute approximate surface area is 101 Å². The van der Waals surface area contributed by atoms with Gasteiger partial charge in [-0.3, -0.25) is 9.69 Å². The normalized spacial score (nSPS) is 25.2. The van der Waals surface area contributed by atoms with E-state index in [1.807, 2.05) is 18.2 Å². The van der Waals surface area contributed by atoms with E-state index in [0.717, 1.165) is 31.9 Å². The van der Waals surface area contributed by atoms with Crippen LogP contribution in [0, 0.1) is 0 Å². The Morgan fingerprint density at radius 3 is 2.76 bits per heavy atom. The average molecular weight is 231 g/mol. The number of benzene rings is 1. The molecule has 2 aliphatic heterocycles. The first-order valence-electron chi connectivity index (χ1n) is 6.18. The number of nitrogens with one attached hydrogen (secondary N) is 2. The minimum atomic E-state index is 0.132. The van der Waals surface area contributed by atoms with Crippen molar-refractivity contribution in [2.24, 2.45) is 0 Å². The lowest BCUT2D eigenvalue weighted by Gasteiger charge is -2.37. The summed E-state index contributed by atoms with van der Waals surface area (Å²) in [6, 6.07) is 8.38. The van der Waals surface area contributed by atoms with Gasteiger partial charge in [0.05, 0.1) is 0 Å². The quantitative estimate of drug-likeness (QED) is 0.757. The Morgan fingerprint density at radius 1 is 1.18 bits per heavy atom. The molecule has 4 nitrogen and oxygen atoms in total. The number of fused-ring (bicyclic) bond motifs is 1. The van der Waals surface area contributed by atoms with Gasteiger partial charge in [0.15, 0.2) is 0 Å². The van der Waals surface area contributed by atoms with Gasteiger partial charge < -0.3 is 10.6 Å². The van der Waals surface area contributed by atoms with Crippen LogP contribution in [0.1, 0.15) is 18.0 Å². The molecule has 0 aromatic heterocycles. The van der Waals surface area contributed by atoms with E-state index in [4.69, 9.17) is 0 Å². The van der Waals surface area contributed by atoms with E-state index in [0.29, 0.717) is 6.42 Å². The zero-order valence-electron chi connectivity index (χ0n) is 9.78. The molecule has 0 aliphatic carbocycles. The summed E-state index contributed by atoms with van der Waals surface area (Å²) in [7, 11) is 0. The van der Waals surface area contributed by atoms with Crippen molar-refractivity contribution in [2.45, 2.75) is 12.5 Å². The molecule has 2 aliphatic rings. The monoisotopic (exact) mass is 231 g/mol. The predicted octanol–water partition coefficient (Wildman–Crippen LogP) is 0.975. The van der Waals surface area contributed by atoms with E-state index < -0.39 is 0 Å². The van der Waals surface area contributed by atoms with Crippen LogP contribution in [0.4, 0.5) is 5.69 Å². The fourth-order valence-corrected chi connectivity index (χ4v) is 2.71. The van der Waals surface area contributed by atoms with Gasteiger partial charge in [0.1, 0.15) is 0 Å². The minimum Gasteiger partial charge on any atom is -0.326 e. The zero-order valence-corrected chi connectivity index (χ0v) is 9.78. The SMILES string of the molecule is O=C1CC(N2CCNCC2)c2ccccc2N1. The van der Waals surface area contributed by atoms with Crippen LogP contribution in [0.25, 0.3) is 0 Å². The maximum atomic E-state index is 11.7. The number of carbonyl (C=O) groups is 1. The first-order valence-corrected chi connectivity index (χ1v) is 6.18. The third kappa shape index (κ3) is 2.06. The number of amides is 1. The summed E-state index contributed by atoms with van der Waals surface area (Å²) in [5, 5.41) is 6.29. The van der Waals surface area contributed by atoms with E-state index in [1.165, 1.54) is 5.56 Å². The number of rotatable bonds is 1. The molecule has 17 heavy (non-hydrogen) atoms. The molecule has 1 aromatic carbocycles. The Morgan fingerprint density at radius 2 is 1.94 bits per heavy atom. The molecule has 0 radical (unpaired) electrons. The van der Waals surface area contributed by atoms with Crippen LogP contribution in [0.5, 0.6) is 0 Å². The summed E-state index contributed by atoms with van der Waals surface area (Å²) >= 11 is 0. The molecule has 4 heteroatoms. The average Bonchev–Trinajstić information content (AvgIpc) is 2.39.